The van der Waals surface area contributed by atoms with Gasteiger partial charge in [-0.3, -0.25) is 0 Å². The lowest BCUT2D eigenvalue weighted by Crippen LogP contribution is -2.08. The lowest BCUT2D eigenvalue weighted by Gasteiger charge is -2.18. The number of rotatable bonds is 11. The molecule has 3 aromatic rings. The minimum absolute atomic E-state index is 0.0531. The minimum Gasteiger partial charge on any atom is -0.465 e. The Morgan fingerprint density at radius 3 is 2.31 bits per heavy atom. The first-order chi connectivity index (χ1) is 18.5. The summed E-state index contributed by atoms with van der Waals surface area (Å²) in [6, 6.07) is 19.9. The average Bonchev–Trinajstić information content (AvgIpc) is 2.92. The van der Waals surface area contributed by atoms with Gasteiger partial charge >= 0.3 is 5.97 Å². The molecule has 0 saturated heterocycles. The Morgan fingerprint density at radius 1 is 1.00 bits per heavy atom. The fourth-order valence-electron chi connectivity index (χ4n) is 4.60. The Kier molecular flexibility index (Phi) is 10.3. The molecule has 6 heteroatoms. The van der Waals surface area contributed by atoms with Gasteiger partial charge in [0.15, 0.2) is 5.84 Å². The third-order valence-electron chi connectivity index (χ3n) is 6.87. The molecule has 1 unspecified atom stereocenters. The topological polar surface area (TPSA) is 51.0 Å². The number of benzene rings is 3. The molecule has 0 radical (unpaired) electrons. The first-order valence-electron chi connectivity index (χ1n) is 13.4. The van der Waals surface area contributed by atoms with E-state index < -0.39 is 5.92 Å². The van der Waals surface area contributed by atoms with Crippen molar-refractivity contribution in [2.45, 2.75) is 65.2 Å². The van der Waals surface area contributed by atoms with Crippen LogP contribution in [0.15, 0.2) is 76.7 Å². The van der Waals surface area contributed by atoms with E-state index in [-0.39, 0.29) is 17.5 Å². The van der Waals surface area contributed by atoms with Crippen LogP contribution in [0.1, 0.15) is 91.1 Å². The fourth-order valence-corrected chi connectivity index (χ4v) is 4.60. The van der Waals surface area contributed by atoms with Crippen molar-refractivity contribution in [3.8, 4) is 0 Å². The van der Waals surface area contributed by atoms with Gasteiger partial charge in [0.05, 0.1) is 18.4 Å². The highest BCUT2D eigenvalue weighted by atomic mass is 19.3. The summed E-state index contributed by atoms with van der Waals surface area (Å²) in [7, 11) is 1.35. The summed E-state index contributed by atoms with van der Waals surface area (Å²) in [6.45, 7) is 11.1. The van der Waals surface area contributed by atoms with Crippen LogP contribution < -0.4 is 0 Å². The molecule has 3 rings (SSSR count). The summed E-state index contributed by atoms with van der Waals surface area (Å²) in [5.41, 5.74) is 4.41. The quantitative estimate of drug-likeness (QED) is 0.107. The zero-order chi connectivity index (χ0) is 28.6. The van der Waals surface area contributed by atoms with Crippen molar-refractivity contribution < 1.29 is 18.3 Å². The van der Waals surface area contributed by atoms with Gasteiger partial charge in [-0.2, -0.15) is 0 Å². The molecule has 1 atom stereocenters. The largest absolute Gasteiger partial charge is 0.465 e. The van der Waals surface area contributed by atoms with Crippen LogP contribution in [0.2, 0.25) is 0 Å². The Labute approximate surface area is 230 Å². The zero-order valence-corrected chi connectivity index (χ0v) is 23.5. The van der Waals surface area contributed by atoms with Gasteiger partial charge in [-0.15, -0.1) is 0 Å². The maximum Gasteiger partial charge on any atom is 0.337 e. The Hall–Kier alpha value is -3.67. The van der Waals surface area contributed by atoms with E-state index in [1.54, 1.807) is 18.2 Å². The molecule has 3 aromatic carbocycles. The number of alkyl halides is 2. The minimum atomic E-state index is -2.98. The van der Waals surface area contributed by atoms with Crippen LogP contribution >= 0.6 is 0 Å². The predicted molar refractivity (Wildman–Crippen MR) is 156 cm³/mol. The van der Waals surface area contributed by atoms with E-state index in [0.717, 1.165) is 48.4 Å². The number of hydrogen-bond donors (Lipinski definition) is 0. The molecule has 0 heterocycles. The van der Waals surface area contributed by atoms with Crippen LogP contribution in [0.4, 0.5) is 14.5 Å². The second kappa shape index (κ2) is 13.4. The number of unbranched alkanes of at least 4 members (excludes halogenated alkanes) is 1. The lowest BCUT2D eigenvalue weighted by molar-refractivity contribution is 0.0174. The van der Waals surface area contributed by atoms with Gasteiger partial charge in [0.25, 0.3) is 5.92 Å². The molecule has 0 aliphatic rings. The number of aliphatic imine (C=N–C) groups is 2. The van der Waals surface area contributed by atoms with Crippen LogP contribution in [0, 0.1) is 5.92 Å². The van der Waals surface area contributed by atoms with Gasteiger partial charge in [0, 0.05) is 24.0 Å². The molecule has 0 amide bonds. The van der Waals surface area contributed by atoms with Crippen molar-refractivity contribution in [3.63, 3.8) is 0 Å². The van der Waals surface area contributed by atoms with Gasteiger partial charge in [0.1, 0.15) is 0 Å². The number of aryl methyl sites for hydroxylation is 1. The molecule has 39 heavy (non-hydrogen) atoms. The molecule has 0 spiro atoms. The predicted octanol–water partition coefficient (Wildman–Crippen LogP) is 8.88. The summed E-state index contributed by atoms with van der Waals surface area (Å²) >= 11 is 0. The number of methoxy groups -OCH3 is 1. The van der Waals surface area contributed by atoms with E-state index in [1.807, 2.05) is 42.5 Å². The number of hydrogen-bond acceptors (Lipinski definition) is 3. The molecule has 0 bridgehead atoms. The smallest absolute Gasteiger partial charge is 0.337 e. The number of carbonyl (C=O) groups excluding carboxylic acids is 1. The van der Waals surface area contributed by atoms with Crippen LogP contribution in [0.5, 0.6) is 0 Å². The molecule has 0 aliphatic carbocycles. The molecule has 0 saturated carbocycles. The van der Waals surface area contributed by atoms with Gasteiger partial charge < -0.3 is 4.74 Å². The second-order valence-corrected chi connectivity index (χ2v) is 10.4. The summed E-state index contributed by atoms with van der Waals surface area (Å²) in [5, 5.41) is 0. The summed E-state index contributed by atoms with van der Waals surface area (Å²) in [6.07, 6.45) is 3.81. The normalized spacial score (nSPS) is 12.9. The summed E-state index contributed by atoms with van der Waals surface area (Å²) in [5.74, 6) is -2.44. The van der Waals surface area contributed by atoms with Gasteiger partial charge in [0.2, 0.25) is 0 Å². The lowest BCUT2D eigenvalue weighted by atomic mass is 9.89. The van der Waals surface area contributed by atoms with E-state index in [2.05, 4.69) is 32.5 Å². The van der Waals surface area contributed by atoms with Crippen molar-refractivity contribution in [2.24, 2.45) is 15.9 Å². The monoisotopic (exact) mass is 532 g/mol. The van der Waals surface area contributed by atoms with Crippen LogP contribution in [0.3, 0.4) is 0 Å². The average molecular weight is 533 g/mol. The third-order valence-corrected chi connectivity index (χ3v) is 6.87. The maximum absolute atomic E-state index is 14.4. The fraction of sp³-hybridized carbons (Fsp3) is 0.364. The highest BCUT2D eigenvalue weighted by Gasteiger charge is 2.25. The molecule has 0 N–H and O–H groups in total. The number of carbonyl (C=O) groups is 1. The molecule has 0 fully saturated rings. The zero-order valence-electron chi connectivity index (χ0n) is 23.5. The first kappa shape index (κ1) is 29.9. The maximum atomic E-state index is 14.4. The van der Waals surface area contributed by atoms with Gasteiger partial charge in [-0.25, -0.2) is 23.6 Å². The summed E-state index contributed by atoms with van der Waals surface area (Å²) in [4.78, 5) is 20.7. The molecular weight excluding hydrogens is 494 g/mol. The third kappa shape index (κ3) is 8.16. The molecular formula is C33H38F2N2O2. The standard InChI is InChI=1S/C33H38F2N2O2/c1-22(2)11-7-8-12-24-19-27(33(4,34)35)21-28(20-24)37-31(36-5)30-14-10-9-13-29(30)23(3)25-15-17-26(18-16-25)32(38)39-6/h9-10,13-23H,5,7-8,11-12H2,1-4,6H3. The molecule has 4 nitrogen and oxygen atoms in total. The number of nitrogens with zero attached hydrogens (tertiary/aromatic N) is 2. The van der Waals surface area contributed by atoms with Crippen LogP contribution in [-0.2, 0) is 17.1 Å². The van der Waals surface area contributed by atoms with Crippen molar-refractivity contribution in [2.75, 3.05) is 7.11 Å². The highest BCUT2D eigenvalue weighted by molar-refractivity contribution is 6.04. The highest BCUT2D eigenvalue weighted by Crippen LogP contribution is 2.33. The molecule has 0 aromatic heterocycles. The molecule has 206 valence electrons. The Bertz CT molecular complexity index is 1310. The van der Waals surface area contributed by atoms with E-state index in [9.17, 15) is 13.6 Å². The number of amidine groups is 1. The van der Waals surface area contributed by atoms with Crippen molar-refractivity contribution >= 4 is 24.2 Å². The van der Waals surface area contributed by atoms with Crippen molar-refractivity contribution in [1.29, 1.82) is 0 Å². The van der Waals surface area contributed by atoms with E-state index in [1.165, 1.54) is 13.2 Å². The van der Waals surface area contributed by atoms with Gasteiger partial charge in [-0.05, 0) is 72.5 Å². The Balaban J connectivity index is 1.98. The first-order valence-corrected chi connectivity index (χ1v) is 13.4. The van der Waals surface area contributed by atoms with Crippen molar-refractivity contribution in [1.82, 2.24) is 0 Å². The van der Waals surface area contributed by atoms with E-state index in [0.29, 0.717) is 29.4 Å². The SMILES string of the molecule is C=NC(=Nc1cc(CCCCC(C)C)cc(C(C)(F)F)c1)c1ccccc1C(C)c1ccc(C(=O)OC)cc1. The van der Waals surface area contributed by atoms with E-state index >= 15 is 0 Å². The Morgan fingerprint density at radius 2 is 1.69 bits per heavy atom. The van der Waals surface area contributed by atoms with Crippen LogP contribution in [0.25, 0.3) is 0 Å². The van der Waals surface area contributed by atoms with E-state index in [4.69, 9.17) is 9.73 Å². The summed E-state index contributed by atoms with van der Waals surface area (Å²) < 4.78 is 33.6. The van der Waals surface area contributed by atoms with Crippen molar-refractivity contribution in [3.05, 3.63) is 100 Å². The molecule has 0 aliphatic heterocycles. The second-order valence-electron chi connectivity index (χ2n) is 10.4. The van der Waals surface area contributed by atoms with Crippen LogP contribution in [-0.4, -0.2) is 25.6 Å². The number of esters is 1. The number of ether oxygens (including phenoxy) is 1. The number of halogens is 2. The van der Waals surface area contributed by atoms with Gasteiger partial charge in [-0.1, -0.05) is 70.0 Å².